The molecule has 1 aliphatic heterocycles. The average molecular weight is 408 g/mol. The molecule has 0 spiro atoms. The van der Waals surface area contributed by atoms with Crippen molar-refractivity contribution in [1.29, 1.82) is 0 Å². The summed E-state index contributed by atoms with van der Waals surface area (Å²) in [5.74, 6) is 1.69. The second-order valence-corrected chi connectivity index (χ2v) is 8.60. The molecule has 1 aromatic carbocycles. The summed E-state index contributed by atoms with van der Waals surface area (Å²) < 4.78 is 1.87. The van der Waals surface area contributed by atoms with E-state index in [9.17, 15) is 4.79 Å². The minimum Gasteiger partial charge on any atom is -0.352 e. The fourth-order valence-electron chi connectivity index (χ4n) is 3.62. The van der Waals surface area contributed by atoms with Gasteiger partial charge in [0.25, 0.3) is 0 Å². The van der Waals surface area contributed by atoms with Crippen LogP contribution < -0.4 is 10.2 Å². The van der Waals surface area contributed by atoms with Gasteiger partial charge in [-0.25, -0.2) is 19.4 Å². The number of hydrogen-bond donors (Lipinski definition) is 1. The van der Waals surface area contributed by atoms with Gasteiger partial charge in [-0.1, -0.05) is 25.1 Å². The van der Waals surface area contributed by atoms with E-state index in [-0.39, 0.29) is 11.6 Å². The lowest BCUT2D eigenvalue weighted by Crippen LogP contribution is -2.55. The smallest absolute Gasteiger partial charge is 0.317 e. The Hall–Kier alpha value is -3.16. The molecule has 0 bridgehead atoms. The highest BCUT2D eigenvalue weighted by Crippen LogP contribution is 2.27. The van der Waals surface area contributed by atoms with Crippen molar-refractivity contribution in [3.63, 3.8) is 0 Å². The first kappa shape index (κ1) is 20.1. The number of rotatable bonds is 3. The predicted octanol–water partition coefficient (Wildman–Crippen LogP) is 3.01. The molecule has 2 aromatic heterocycles. The number of nitrogens with one attached hydrogen (secondary N) is 1. The topological polar surface area (TPSA) is 79.2 Å². The molecule has 8 nitrogen and oxygen atoms in total. The third kappa shape index (κ3) is 4.08. The van der Waals surface area contributed by atoms with Crippen molar-refractivity contribution in [2.45, 2.75) is 39.7 Å². The fourth-order valence-corrected chi connectivity index (χ4v) is 3.62. The number of benzene rings is 1. The highest BCUT2D eigenvalue weighted by Gasteiger charge is 2.26. The summed E-state index contributed by atoms with van der Waals surface area (Å²) in [5, 5.41) is 8.57. The van der Waals surface area contributed by atoms with Crippen LogP contribution in [0.3, 0.4) is 0 Å². The summed E-state index contributed by atoms with van der Waals surface area (Å²) in [6, 6.07) is 10.0. The van der Waals surface area contributed by atoms with Crippen LogP contribution in [0.4, 0.5) is 10.6 Å². The number of nitrogens with zero attached hydrogens (tertiary/aromatic N) is 6. The number of fused-ring (bicyclic) bond motifs is 1. The number of aryl methyl sites for hydroxylation is 1. The van der Waals surface area contributed by atoms with E-state index in [0.29, 0.717) is 13.1 Å². The van der Waals surface area contributed by atoms with Gasteiger partial charge < -0.3 is 15.1 Å². The molecule has 3 aromatic rings. The monoisotopic (exact) mass is 407 g/mol. The number of amides is 2. The molecule has 1 saturated heterocycles. The minimum atomic E-state index is -0.241. The first-order valence-electron chi connectivity index (χ1n) is 10.5. The molecule has 0 unspecified atom stereocenters. The van der Waals surface area contributed by atoms with E-state index >= 15 is 0 Å². The second kappa shape index (κ2) is 7.93. The molecule has 0 aliphatic carbocycles. The quantitative estimate of drug-likeness (QED) is 0.722. The Labute approximate surface area is 176 Å². The van der Waals surface area contributed by atoms with Gasteiger partial charge in [-0.2, -0.15) is 5.10 Å². The number of carbonyl (C=O) groups excluding carboxylic acids is 1. The number of urea groups is 1. The summed E-state index contributed by atoms with van der Waals surface area (Å²) in [4.78, 5) is 26.2. The number of anilines is 1. The molecule has 0 atom stereocenters. The molecular formula is C22H29N7O. The van der Waals surface area contributed by atoms with Gasteiger partial charge in [0.05, 0.1) is 17.3 Å². The van der Waals surface area contributed by atoms with Crippen LogP contribution in [0.15, 0.2) is 36.5 Å². The summed E-state index contributed by atoms with van der Waals surface area (Å²) in [5.41, 5.74) is 1.55. The Morgan fingerprint density at radius 3 is 2.40 bits per heavy atom. The zero-order valence-corrected chi connectivity index (χ0v) is 18.1. The van der Waals surface area contributed by atoms with E-state index in [2.05, 4.69) is 22.2 Å². The van der Waals surface area contributed by atoms with Crippen LogP contribution in [0.5, 0.6) is 0 Å². The molecule has 4 rings (SSSR count). The van der Waals surface area contributed by atoms with E-state index in [1.165, 1.54) is 0 Å². The molecule has 158 valence electrons. The zero-order chi connectivity index (χ0) is 21.3. The Balaban J connectivity index is 1.61. The molecule has 3 heterocycles. The van der Waals surface area contributed by atoms with Crippen molar-refractivity contribution in [2.75, 3.05) is 31.1 Å². The molecule has 2 amide bonds. The van der Waals surface area contributed by atoms with E-state index in [1.54, 1.807) is 0 Å². The van der Waals surface area contributed by atoms with Crippen molar-refractivity contribution >= 4 is 22.9 Å². The first-order valence-corrected chi connectivity index (χ1v) is 10.5. The lowest BCUT2D eigenvalue weighted by atomic mass is 10.1. The third-order valence-electron chi connectivity index (χ3n) is 5.12. The Bertz CT molecular complexity index is 1030. The van der Waals surface area contributed by atoms with E-state index < -0.39 is 0 Å². The van der Waals surface area contributed by atoms with Crippen LogP contribution in [0, 0.1) is 0 Å². The average Bonchev–Trinajstić information content (AvgIpc) is 3.16. The lowest BCUT2D eigenvalue weighted by molar-refractivity contribution is 0.185. The van der Waals surface area contributed by atoms with Crippen LogP contribution in [-0.2, 0) is 6.42 Å². The molecule has 1 N–H and O–H groups in total. The van der Waals surface area contributed by atoms with Crippen molar-refractivity contribution in [2.24, 2.45) is 0 Å². The van der Waals surface area contributed by atoms with Crippen LogP contribution in [0.2, 0.25) is 0 Å². The van der Waals surface area contributed by atoms with Gasteiger partial charge in [-0.05, 0) is 32.9 Å². The third-order valence-corrected chi connectivity index (χ3v) is 5.12. The van der Waals surface area contributed by atoms with E-state index in [1.807, 2.05) is 66.9 Å². The van der Waals surface area contributed by atoms with Crippen LogP contribution in [-0.4, -0.2) is 62.4 Å². The lowest BCUT2D eigenvalue weighted by Gasteiger charge is -2.37. The molecule has 0 radical (unpaired) electrons. The Kier molecular flexibility index (Phi) is 5.32. The van der Waals surface area contributed by atoms with Crippen LogP contribution in [0.1, 0.15) is 33.5 Å². The highest BCUT2D eigenvalue weighted by molar-refractivity contribution is 5.88. The molecule has 0 saturated carbocycles. The second-order valence-electron chi connectivity index (χ2n) is 8.60. The van der Waals surface area contributed by atoms with E-state index in [4.69, 9.17) is 9.97 Å². The van der Waals surface area contributed by atoms with E-state index in [0.717, 1.165) is 47.9 Å². The number of aromatic nitrogens is 4. The van der Waals surface area contributed by atoms with Crippen LogP contribution in [0.25, 0.3) is 16.7 Å². The summed E-state index contributed by atoms with van der Waals surface area (Å²) in [7, 11) is 0. The summed E-state index contributed by atoms with van der Waals surface area (Å²) in [6.07, 6.45) is 2.59. The van der Waals surface area contributed by atoms with Gasteiger partial charge in [0.15, 0.2) is 5.65 Å². The van der Waals surface area contributed by atoms with Crippen LogP contribution >= 0.6 is 0 Å². The minimum absolute atomic E-state index is 0.0128. The number of carbonyl (C=O) groups is 1. The van der Waals surface area contributed by atoms with Crippen molar-refractivity contribution < 1.29 is 4.79 Å². The van der Waals surface area contributed by atoms with Gasteiger partial charge in [0.1, 0.15) is 11.6 Å². The Morgan fingerprint density at radius 1 is 1.07 bits per heavy atom. The van der Waals surface area contributed by atoms with Gasteiger partial charge in [0.2, 0.25) is 0 Å². The number of para-hydroxylation sites is 1. The first-order chi connectivity index (χ1) is 14.4. The molecule has 8 heteroatoms. The molecule has 1 aliphatic rings. The normalized spacial score (nSPS) is 14.9. The largest absolute Gasteiger partial charge is 0.352 e. The maximum Gasteiger partial charge on any atom is 0.317 e. The van der Waals surface area contributed by atoms with Crippen molar-refractivity contribution in [1.82, 2.24) is 30.0 Å². The van der Waals surface area contributed by atoms with Gasteiger partial charge in [-0.15, -0.1) is 0 Å². The fraction of sp³-hybridized carbons (Fsp3) is 0.455. The Morgan fingerprint density at radius 2 is 1.77 bits per heavy atom. The number of hydrogen-bond acceptors (Lipinski definition) is 5. The van der Waals surface area contributed by atoms with Gasteiger partial charge >= 0.3 is 6.03 Å². The SMILES string of the molecule is CCc1nc(N2CCN(C(=O)NC(C)(C)C)CC2)c2cnn(-c3ccccc3)c2n1. The van der Waals surface area contributed by atoms with Crippen molar-refractivity contribution in [3.05, 3.63) is 42.4 Å². The molecule has 30 heavy (non-hydrogen) atoms. The standard InChI is InChI=1S/C22H29N7O/c1-5-18-24-19(27-11-13-28(14-12-27)21(30)26-22(2,3)4)17-15-23-29(20(17)25-18)16-9-7-6-8-10-16/h6-10,15H,5,11-14H2,1-4H3,(H,26,30). The number of piperazine rings is 1. The van der Waals surface area contributed by atoms with Gasteiger partial charge in [0, 0.05) is 38.1 Å². The molecule has 1 fully saturated rings. The maximum absolute atomic E-state index is 12.5. The highest BCUT2D eigenvalue weighted by atomic mass is 16.2. The molecular weight excluding hydrogens is 378 g/mol. The zero-order valence-electron chi connectivity index (χ0n) is 18.1. The summed E-state index contributed by atoms with van der Waals surface area (Å²) in [6.45, 7) is 10.8. The maximum atomic E-state index is 12.5. The van der Waals surface area contributed by atoms with Crippen molar-refractivity contribution in [3.8, 4) is 5.69 Å². The van der Waals surface area contributed by atoms with Gasteiger partial charge in [-0.3, -0.25) is 0 Å². The summed E-state index contributed by atoms with van der Waals surface area (Å²) >= 11 is 0. The predicted molar refractivity (Wildman–Crippen MR) is 118 cm³/mol.